The lowest BCUT2D eigenvalue weighted by Crippen LogP contribution is -2.28. The maximum atomic E-state index is 12.0. The molecule has 1 amide bonds. The Balaban J connectivity index is 1.77. The number of methoxy groups -OCH3 is 1. The molecule has 148 valence electrons. The number of aromatic nitrogens is 2. The van der Waals surface area contributed by atoms with Crippen molar-refractivity contribution in [3.05, 3.63) is 54.4 Å². The summed E-state index contributed by atoms with van der Waals surface area (Å²) >= 11 is 0. The molecule has 1 atom stereocenters. The standard InChI is InChI=1S/C22H27N3O3/c1-4-8-21(26)23-16(2)22-24-19-11-5-6-12-20(19)25(22)13-14-28-18-10-7-9-17(15-18)27-3/h5-7,9-12,15-16H,4,8,13-14H2,1-3H3,(H,23,26). The van der Waals surface area contributed by atoms with Gasteiger partial charge in [0.2, 0.25) is 5.91 Å². The number of hydrogen-bond acceptors (Lipinski definition) is 4. The lowest BCUT2D eigenvalue weighted by atomic mass is 10.2. The third-order valence-electron chi connectivity index (χ3n) is 4.55. The third kappa shape index (κ3) is 4.63. The SMILES string of the molecule is CCCC(=O)NC(C)c1nc2ccccc2n1CCOc1cccc(OC)c1. The number of rotatable bonds is 9. The first-order chi connectivity index (χ1) is 13.6. The summed E-state index contributed by atoms with van der Waals surface area (Å²) in [7, 11) is 1.64. The van der Waals surface area contributed by atoms with E-state index in [1.165, 1.54) is 0 Å². The Morgan fingerprint density at radius 3 is 2.75 bits per heavy atom. The van der Waals surface area contributed by atoms with Crippen LogP contribution >= 0.6 is 0 Å². The molecule has 1 unspecified atom stereocenters. The summed E-state index contributed by atoms with van der Waals surface area (Å²) in [6, 6.07) is 15.4. The van der Waals surface area contributed by atoms with Gasteiger partial charge in [-0.1, -0.05) is 25.1 Å². The molecule has 0 aliphatic heterocycles. The number of fused-ring (bicyclic) bond motifs is 1. The van der Waals surface area contributed by atoms with Gasteiger partial charge in [0.1, 0.15) is 23.9 Å². The normalized spacial score (nSPS) is 12.0. The highest BCUT2D eigenvalue weighted by atomic mass is 16.5. The Labute approximate surface area is 165 Å². The molecule has 0 fully saturated rings. The average molecular weight is 381 g/mol. The number of carbonyl (C=O) groups excluding carboxylic acids is 1. The van der Waals surface area contributed by atoms with Crippen LogP contribution in [-0.4, -0.2) is 29.2 Å². The first-order valence-corrected chi connectivity index (χ1v) is 9.63. The second-order valence-electron chi connectivity index (χ2n) is 6.68. The van der Waals surface area contributed by atoms with E-state index in [0.717, 1.165) is 34.8 Å². The molecule has 0 bridgehead atoms. The average Bonchev–Trinajstić information content (AvgIpc) is 3.07. The Morgan fingerprint density at radius 1 is 1.18 bits per heavy atom. The first kappa shape index (κ1) is 19.7. The van der Waals surface area contributed by atoms with E-state index >= 15 is 0 Å². The quantitative estimate of drug-likeness (QED) is 0.606. The lowest BCUT2D eigenvalue weighted by molar-refractivity contribution is -0.121. The maximum Gasteiger partial charge on any atom is 0.220 e. The molecule has 0 radical (unpaired) electrons. The molecule has 6 heteroatoms. The van der Waals surface area contributed by atoms with Crippen molar-refractivity contribution >= 4 is 16.9 Å². The molecule has 6 nitrogen and oxygen atoms in total. The van der Waals surface area contributed by atoms with Crippen molar-refractivity contribution in [1.82, 2.24) is 14.9 Å². The zero-order valence-corrected chi connectivity index (χ0v) is 16.6. The summed E-state index contributed by atoms with van der Waals surface area (Å²) in [5.74, 6) is 2.40. The number of amides is 1. The molecular weight excluding hydrogens is 354 g/mol. The predicted octanol–water partition coefficient (Wildman–Crippen LogP) is 4.10. The number of nitrogens with zero attached hydrogens (tertiary/aromatic N) is 2. The number of benzene rings is 2. The van der Waals surface area contributed by atoms with Crippen LogP contribution in [0.4, 0.5) is 0 Å². The molecule has 3 rings (SSSR count). The Morgan fingerprint density at radius 2 is 1.96 bits per heavy atom. The number of para-hydroxylation sites is 2. The molecule has 0 saturated carbocycles. The topological polar surface area (TPSA) is 65.4 Å². The molecule has 1 aromatic heterocycles. The van der Waals surface area contributed by atoms with Crippen LogP contribution in [-0.2, 0) is 11.3 Å². The van der Waals surface area contributed by atoms with Gasteiger partial charge >= 0.3 is 0 Å². The second-order valence-corrected chi connectivity index (χ2v) is 6.68. The number of nitrogens with one attached hydrogen (secondary N) is 1. The highest BCUT2D eigenvalue weighted by Gasteiger charge is 2.18. The summed E-state index contributed by atoms with van der Waals surface area (Å²) in [5.41, 5.74) is 1.94. The third-order valence-corrected chi connectivity index (χ3v) is 4.55. The van der Waals surface area contributed by atoms with Crippen molar-refractivity contribution in [2.75, 3.05) is 13.7 Å². The largest absolute Gasteiger partial charge is 0.497 e. The van der Waals surface area contributed by atoms with Gasteiger partial charge in [0.25, 0.3) is 0 Å². The van der Waals surface area contributed by atoms with Crippen molar-refractivity contribution in [3.8, 4) is 11.5 Å². The van der Waals surface area contributed by atoms with E-state index < -0.39 is 0 Å². The van der Waals surface area contributed by atoms with Gasteiger partial charge in [0.15, 0.2) is 0 Å². The molecule has 0 saturated heterocycles. The molecule has 0 aliphatic rings. The highest BCUT2D eigenvalue weighted by Crippen LogP contribution is 2.22. The van der Waals surface area contributed by atoms with Gasteiger partial charge in [-0.15, -0.1) is 0 Å². The number of carbonyl (C=O) groups is 1. The van der Waals surface area contributed by atoms with Gasteiger partial charge in [-0.25, -0.2) is 4.98 Å². The van der Waals surface area contributed by atoms with Gasteiger partial charge in [-0.05, 0) is 37.6 Å². The van der Waals surface area contributed by atoms with E-state index in [-0.39, 0.29) is 11.9 Å². The monoisotopic (exact) mass is 381 g/mol. The second kappa shape index (κ2) is 9.26. The van der Waals surface area contributed by atoms with Gasteiger partial charge in [0.05, 0.1) is 30.7 Å². The molecular formula is C22H27N3O3. The Bertz CT molecular complexity index is 936. The van der Waals surface area contributed by atoms with Crippen LogP contribution in [0.1, 0.15) is 38.6 Å². The summed E-state index contributed by atoms with van der Waals surface area (Å²) in [6.45, 7) is 5.07. The Kier molecular flexibility index (Phi) is 6.53. The first-order valence-electron chi connectivity index (χ1n) is 9.63. The Hall–Kier alpha value is -3.02. The van der Waals surface area contributed by atoms with Gasteiger partial charge in [-0.2, -0.15) is 0 Å². The van der Waals surface area contributed by atoms with E-state index in [1.807, 2.05) is 62.4 Å². The molecule has 28 heavy (non-hydrogen) atoms. The summed E-state index contributed by atoms with van der Waals surface area (Å²) in [6.07, 6.45) is 1.34. The van der Waals surface area contributed by atoms with Crippen LogP contribution in [0.2, 0.25) is 0 Å². The maximum absolute atomic E-state index is 12.0. The number of ether oxygens (including phenoxy) is 2. The van der Waals surface area contributed by atoms with E-state index in [4.69, 9.17) is 14.5 Å². The fourth-order valence-corrected chi connectivity index (χ4v) is 3.21. The van der Waals surface area contributed by atoms with Crippen LogP contribution in [0, 0.1) is 0 Å². The highest BCUT2D eigenvalue weighted by molar-refractivity contribution is 5.78. The zero-order valence-electron chi connectivity index (χ0n) is 16.6. The van der Waals surface area contributed by atoms with Crippen LogP contribution in [0.15, 0.2) is 48.5 Å². The number of imidazole rings is 1. The van der Waals surface area contributed by atoms with Gasteiger partial charge in [-0.3, -0.25) is 4.79 Å². The minimum atomic E-state index is -0.178. The van der Waals surface area contributed by atoms with Crippen molar-refractivity contribution in [3.63, 3.8) is 0 Å². The van der Waals surface area contributed by atoms with Crippen LogP contribution < -0.4 is 14.8 Å². The van der Waals surface area contributed by atoms with Gasteiger partial charge < -0.3 is 19.4 Å². The molecule has 0 spiro atoms. The summed E-state index contributed by atoms with van der Waals surface area (Å²) < 4.78 is 13.3. The lowest BCUT2D eigenvalue weighted by Gasteiger charge is -2.16. The van der Waals surface area contributed by atoms with Crippen LogP contribution in [0.3, 0.4) is 0 Å². The van der Waals surface area contributed by atoms with Crippen molar-refractivity contribution in [2.24, 2.45) is 0 Å². The van der Waals surface area contributed by atoms with E-state index in [0.29, 0.717) is 19.6 Å². The smallest absolute Gasteiger partial charge is 0.220 e. The van der Waals surface area contributed by atoms with Crippen LogP contribution in [0.5, 0.6) is 11.5 Å². The predicted molar refractivity (Wildman–Crippen MR) is 110 cm³/mol. The molecule has 1 N–H and O–H groups in total. The van der Waals surface area contributed by atoms with Crippen molar-refractivity contribution < 1.29 is 14.3 Å². The summed E-state index contributed by atoms with van der Waals surface area (Å²) in [5, 5.41) is 3.04. The van der Waals surface area contributed by atoms with E-state index in [1.54, 1.807) is 7.11 Å². The van der Waals surface area contributed by atoms with E-state index in [9.17, 15) is 4.79 Å². The van der Waals surface area contributed by atoms with E-state index in [2.05, 4.69) is 9.88 Å². The van der Waals surface area contributed by atoms with Crippen LogP contribution in [0.25, 0.3) is 11.0 Å². The minimum absolute atomic E-state index is 0.0428. The molecule has 2 aromatic carbocycles. The molecule has 0 aliphatic carbocycles. The fourth-order valence-electron chi connectivity index (χ4n) is 3.21. The van der Waals surface area contributed by atoms with Crippen molar-refractivity contribution in [2.45, 2.75) is 39.3 Å². The number of hydrogen-bond donors (Lipinski definition) is 1. The summed E-state index contributed by atoms with van der Waals surface area (Å²) in [4.78, 5) is 16.8. The fraction of sp³-hybridized carbons (Fsp3) is 0.364. The molecule has 3 aromatic rings. The van der Waals surface area contributed by atoms with Crippen molar-refractivity contribution in [1.29, 1.82) is 0 Å². The molecule has 1 heterocycles. The van der Waals surface area contributed by atoms with Gasteiger partial charge in [0, 0.05) is 12.5 Å². The zero-order chi connectivity index (χ0) is 19.9. The minimum Gasteiger partial charge on any atom is -0.497 e.